The molecule has 8 heteroatoms. The van der Waals surface area contributed by atoms with Crippen molar-refractivity contribution in [2.75, 3.05) is 13.2 Å². The second-order valence-corrected chi connectivity index (χ2v) is 12.4. The Balaban J connectivity index is 1.25. The molecular formula is C43H41NO7. The summed E-state index contributed by atoms with van der Waals surface area (Å²) < 4.78 is 38.8. The van der Waals surface area contributed by atoms with Crippen molar-refractivity contribution in [1.82, 2.24) is 5.32 Å². The molecule has 1 N–H and O–H groups in total. The summed E-state index contributed by atoms with van der Waals surface area (Å²) >= 11 is 0. The third kappa shape index (κ3) is 7.66. The van der Waals surface area contributed by atoms with Crippen molar-refractivity contribution >= 4 is 6.09 Å². The van der Waals surface area contributed by atoms with Crippen molar-refractivity contribution in [1.29, 1.82) is 0 Å². The molecule has 0 radical (unpaired) electrons. The fourth-order valence-electron chi connectivity index (χ4n) is 6.77. The molecule has 1 amide bonds. The molecule has 1 unspecified atom stereocenters. The van der Waals surface area contributed by atoms with E-state index in [0.717, 1.165) is 27.8 Å². The minimum Gasteiger partial charge on any atom is -0.428 e. The molecule has 0 bridgehead atoms. The smallest absolute Gasteiger partial charge is 0.409 e. The highest BCUT2D eigenvalue weighted by molar-refractivity contribution is 5.70. The van der Waals surface area contributed by atoms with Crippen LogP contribution >= 0.6 is 0 Å². The summed E-state index contributed by atoms with van der Waals surface area (Å²) in [4.78, 5) is 14.5. The molecule has 0 saturated carbocycles. The first-order chi connectivity index (χ1) is 25.2. The maximum atomic E-state index is 14.5. The Labute approximate surface area is 298 Å². The van der Waals surface area contributed by atoms with Crippen molar-refractivity contribution < 1.29 is 33.2 Å². The lowest BCUT2D eigenvalue weighted by Crippen LogP contribution is -2.67. The van der Waals surface area contributed by atoms with Crippen molar-refractivity contribution in [2.45, 2.75) is 49.1 Å². The topological polar surface area (TPSA) is 84.5 Å². The third-order valence-electron chi connectivity index (χ3n) is 9.15. The largest absolute Gasteiger partial charge is 0.428 e. The number of carbonyl (C=O) groups is 1. The minimum absolute atomic E-state index is 0.178. The summed E-state index contributed by atoms with van der Waals surface area (Å²) in [6.45, 7) is 4.50. The Hall–Kier alpha value is -5.09. The average Bonchev–Trinajstić information content (AvgIpc) is 3.20. The molecule has 5 aromatic carbocycles. The Bertz CT molecular complexity index is 1730. The maximum Gasteiger partial charge on any atom is 0.409 e. The van der Waals surface area contributed by atoms with Gasteiger partial charge in [-0.05, 0) is 5.56 Å². The lowest BCUT2D eigenvalue weighted by Gasteiger charge is -2.49. The van der Waals surface area contributed by atoms with Gasteiger partial charge < -0.3 is 33.7 Å². The van der Waals surface area contributed by atoms with Crippen LogP contribution in [0.2, 0.25) is 0 Å². The summed E-state index contributed by atoms with van der Waals surface area (Å²) in [6, 6.07) is 47.9. The molecule has 51 heavy (non-hydrogen) atoms. The molecule has 260 valence electrons. The van der Waals surface area contributed by atoms with Crippen LogP contribution in [0.3, 0.4) is 0 Å². The number of nitrogens with one attached hydrogen (secondary N) is 1. The third-order valence-corrected chi connectivity index (χ3v) is 9.15. The van der Waals surface area contributed by atoms with E-state index in [-0.39, 0.29) is 19.8 Å². The van der Waals surface area contributed by atoms with E-state index >= 15 is 0 Å². The van der Waals surface area contributed by atoms with E-state index < -0.39 is 48.6 Å². The van der Waals surface area contributed by atoms with Crippen LogP contribution in [-0.2, 0) is 40.6 Å². The van der Waals surface area contributed by atoms with Crippen LogP contribution in [0.5, 0.6) is 0 Å². The van der Waals surface area contributed by atoms with E-state index in [9.17, 15) is 4.79 Å². The number of hydrogen-bond donors (Lipinski definition) is 1. The molecule has 2 aliphatic heterocycles. The van der Waals surface area contributed by atoms with Crippen LogP contribution in [0.4, 0.5) is 4.79 Å². The predicted octanol–water partition coefficient (Wildman–Crippen LogP) is 7.70. The summed E-state index contributed by atoms with van der Waals surface area (Å²) in [6.07, 6.45) is -2.52. The van der Waals surface area contributed by atoms with Crippen LogP contribution in [0.25, 0.3) is 0 Å². The Kier molecular flexibility index (Phi) is 11.0. The number of fused-ring (bicyclic) bond motifs is 1. The highest BCUT2D eigenvalue weighted by atomic mass is 16.8. The van der Waals surface area contributed by atoms with Gasteiger partial charge in [0.25, 0.3) is 0 Å². The van der Waals surface area contributed by atoms with Gasteiger partial charge in [0.05, 0.1) is 19.8 Å². The van der Waals surface area contributed by atoms with Gasteiger partial charge in [-0.3, -0.25) is 0 Å². The maximum absolute atomic E-state index is 14.5. The molecule has 2 fully saturated rings. The SMILES string of the molecule is C=CCO[C@H]1O[C@@H]2COC(c3ccccc3)O[C@H]2[C@H](OCc2ccccc2)[C@H]1NC(=O)OC(c1ccccc1)(c1ccccc1)c1ccccc1. The number of benzene rings is 5. The first-order valence-corrected chi connectivity index (χ1v) is 17.2. The number of ether oxygens (including phenoxy) is 6. The molecule has 0 spiro atoms. The quantitative estimate of drug-likeness (QED) is 0.107. The normalized spacial score (nSPS) is 23.1. The second-order valence-electron chi connectivity index (χ2n) is 12.4. The van der Waals surface area contributed by atoms with E-state index in [4.69, 9.17) is 28.4 Å². The fourth-order valence-corrected chi connectivity index (χ4v) is 6.77. The van der Waals surface area contributed by atoms with Crippen LogP contribution in [0, 0.1) is 0 Å². The number of amides is 1. The monoisotopic (exact) mass is 683 g/mol. The van der Waals surface area contributed by atoms with Gasteiger partial charge in [-0.1, -0.05) is 158 Å². The predicted molar refractivity (Wildman–Crippen MR) is 192 cm³/mol. The van der Waals surface area contributed by atoms with Crippen LogP contribution in [-0.4, -0.2) is 50.0 Å². The molecular weight excluding hydrogens is 642 g/mol. The zero-order chi connectivity index (χ0) is 34.9. The van der Waals surface area contributed by atoms with Gasteiger partial charge in [-0.15, -0.1) is 6.58 Å². The molecule has 2 heterocycles. The lowest BCUT2D eigenvalue weighted by atomic mass is 9.80. The van der Waals surface area contributed by atoms with E-state index in [1.54, 1.807) is 6.08 Å². The van der Waals surface area contributed by atoms with Crippen molar-refractivity contribution in [3.8, 4) is 0 Å². The van der Waals surface area contributed by atoms with E-state index in [1.165, 1.54) is 0 Å². The first kappa shape index (κ1) is 34.4. The summed E-state index contributed by atoms with van der Waals surface area (Å²) in [7, 11) is 0. The highest BCUT2D eigenvalue weighted by Gasteiger charge is 2.52. The van der Waals surface area contributed by atoms with Crippen molar-refractivity contribution in [3.63, 3.8) is 0 Å². The average molecular weight is 684 g/mol. The molecule has 7 rings (SSSR count). The van der Waals surface area contributed by atoms with Gasteiger partial charge in [0.2, 0.25) is 0 Å². The van der Waals surface area contributed by atoms with Gasteiger partial charge in [-0.25, -0.2) is 4.79 Å². The van der Waals surface area contributed by atoms with Crippen LogP contribution in [0.1, 0.15) is 34.1 Å². The van der Waals surface area contributed by atoms with E-state index in [2.05, 4.69) is 11.9 Å². The summed E-state index contributed by atoms with van der Waals surface area (Å²) in [5.41, 5.74) is 2.89. The van der Waals surface area contributed by atoms with Gasteiger partial charge in [0.1, 0.15) is 24.4 Å². The van der Waals surface area contributed by atoms with E-state index in [1.807, 2.05) is 152 Å². The molecule has 2 saturated heterocycles. The lowest BCUT2D eigenvalue weighted by molar-refractivity contribution is -0.348. The number of carbonyl (C=O) groups excluding carboxylic acids is 1. The van der Waals surface area contributed by atoms with Crippen molar-refractivity contribution in [3.05, 3.63) is 192 Å². The molecule has 8 nitrogen and oxygen atoms in total. The fraction of sp³-hybridized carbons (Fsp3) is 0.233. The number of hydrogen-bond acceptors (Lipinski definition) is 7. The standard InChI is InChI=1S/C43H41NO7/c1-2-28-46-41-37(39(47-29-31-18-8-3-9-19-31)38-36(49-41)30-48-40(50-38)32-20-10-4-11-21-32)44-42(45)51-43(33-22-12-5-13-23-33,34-24-14-6-15-25-34)35-26-16-7-17-27-35/h2-27,36-41H,1,28-30H2,(H,44,45)/t36-,37-,38-,39-,40?,41+/m1/s1. The van der Waals surface area contributed by atoms with Crippen LogP contribution < -0.4 is 5.32 Å². The zero-order valence-electron chi connectivity index (χ0n) is 28.2. The molecule has 2 aliphatic rings. The second kappa shape index (κ2) is 16.3. The molecule has 0 aromatic heterocycles. The molecule has 0 aliphatic carbocycles. The van der Waals surface area contributed by atoms with Gasteiger partial charge >= 0.3 is 6.09 Å². The number of alkyl carbamates (subject to hydrolysis) is 1. The van der Waals surface area contributed by atoms with Gasteiger partial charge in [-0.2, -0.15) is 0 Å². The summed E-state index contributed by atoms with van der Waals surface area (Å²) in [5.74, 6) is 0. The number of rotatable bonds is 12. The Morgan fingerprint density at radius 1 is 0.725 bits per heavy atom. The first-order valence-electron chi connectivity index (χ1n) is 17.2. The van der Waals surface area contributed by atoms with Crippen LogP contribution in [0.15, 0.2) is 164 Å². The van der Waals surface area contributed by atoms with Gasteiger partial charge in [0.15, 0.2) is 18.2 Å². The highest BCUT2D eigenvalue weighted by Crippen LogP contribution is 2.41. The van der Waals surface area contributed by atoms with Gasteiger partial charge in [0, 0.05) is 22.3 Å². The zero-order valence-corrected chi connectivity index (χ0v) is 28.2. The molecule has 6 atom stereocenters. The summed E-state index contributed by atoms with van der Waals surface area (Å²) in [5, 5.41) is 3.13. The van der Waals surface area contributed by atoms with E-state index in [0.29, 0.717) is 0 Å². The minimum atomic E-state index is -1.29. The molecule has 5 aromatic rings. The Morgan fingerprint density at radius 2 is 1.25 bits per heavy atom. The van der Waals surface area contributed by atoms with Crippen molar-refractivity contribution in [2.24, 2.45) is 0 Å². The Morgan fingerprint density at radius 3 is 1.80 bits per heavy atom.